The van der Waals surface area contributed by atoms with E-state index in [4.69, 9.17) is 9.47 Å². The molecule has 0 unspecified atom stereocenters. The zero-order valence-corrected chi connectivity index (χ0v) is 18.3. The summed E-state index contributed by atoms with van der Waals surface area (Å²) in [6.07, 6.45) is 2.14. The van der Waals surface area contributed by atoms with Crippen LogP contribution in [0.15, 0.2) is 66.7 Å². The minimum absolute atomic E-state index is 0.0210. The van der Waals surface area contributed by atoms with E-state index in [2.05, 4.69) is 0 Å². The lowest BCUT2D eigenvalue weighted by Gasteiger charge is -2.15. The molecule has 0 bridgehead atoms. The molecule has 1 aliphatic heterocycles. The highest BCUT2D eigenvalue weighted by Crippen LogP contribution is 2.51. The van der Waals surface area contributed by atoms with Gasteiger partial charge in [0.1, 0.15) is 5.78 Å². The molecule has 1 heterocycles. The van der Waals surface area contributed by atoms with Crippen LogP contribution in [0.3, 0.4) is 0 Å². The topological polar surface area (TPSA) is 55.8 Å². The van der Waals surface area contributed by atoms with Gasteiger partial charge in [0.15, 0.2) is 11.5 Å². The molecule has 1 aliphatic carbocycles. The average Bonchev–Trinajstić information content (AvgIpc) is 3.50. The molecule has 5 heteroatoms. The number of rotatable bonds is 6. The van der Waals surface area contributed by atoms with Gasteiger partial charge in [0.2, 0.25) is 6.79 Å². The highest BCUT2D eigenvalue weighted by atomic mass is 16.7. The Bertz CT molecular complexity index is 1190. The maximum Gasteiger partial charge on any atom is 0.253 e. The van der Waals surface area contributed by atoms with Gasteiger partial charge in [-0.25, -0.2) is 0 Å². The van der Waals surface area contributed by atoms with E-state index in [0.29, 0.717) is 12.0 Å². The number of Topliss-reactive ketones (excluding diaryl/α,β-unsaturated/α-hetero) is 1. The number of carbonyl (C=O) groups is 2. The maximum atomic E-state index is 13.2. The Hall–Kier alpha value is -3.60. The highest BCUT2D eigenvalue weighted by molar-refractivity contribution is 5.96. The van der Waals surface area contributed by atoms with Crippen molar-refractivity contribution in [2.45, 2.75) is 24.7 Å². The average molecular weight is 428 g/mol. The van der Waals surface area contributed by atoms with E-state index < -0.39 is 5.41 Å². The lowest BCUT2D eigenvalue weighted by Crippen LogP contribution is -2.22. The summed E-state index contributed by atoms with van der Waals surface area (Å²) in [4.78, 5) is 27.0. The number of benzene rings is 3. The lowest BCUT2D eigenvalue weighted by atomic mass is 9.87. The zero-order chi connectivity index (χ0) is 22.3. The van der Waals surface area contributed by atoms with E-state index in [0.717, 1.165) is 46.6 Å². The molecule has 1 saturated carbocycles. The van der Waals surface area contributed by atoms with Gasteiger partial charge in [-0.1, -0.05) is 42.5 Å². The Morgan fingerprint density at radius 3 is 2.34 bits per heavy atom. The summed E-state index contributed by atoms with van der Waals surface area (Å²) < 4.78 is 10.9. The van der Waals surface area contributed by atoms with Gasteiger partial charge in [0.05, 0.1) is 5.41 Å². The molecule has 3 aromatic carbocycles. The number of carbonyl (C=O) groups excluding carboxylic acids is 2. The van der Waals surface area contributed by atoms with E-state index in [1.54, 1.807) is 19.0 Å². The van der Waals surface area contributed by atoms with Gasteiger partial charge >= 0.3 is 0 Å². The first-order valence-corrected chi connectivity index (χ1v) is 10.8. The van der Waals surface area contributed by atoms with Crippen molar-refractivity contribution < 1.29 is 19.1 Å². The van der Waals surface area contributed by atoms with Gasteiger partial charge in [-0.05, 0) is 59.4 Å². The molecule has 0 aromatic heterocycles. The Morgan fingerprint density at radius 1 is 0.875 bits per heavy atom. The van der Waals surface area contributed by atoms with Crippen molar-refractivity contribution in [1.29, 1.82) is 0 Å². The number of fused-ring (bicyclic) bond motifs is 1. The largest absolute Gasteiger partial charge is 0.454 e. The number of hydrogen-bond acceptors (Lipinski definition) is 4. The second-order valence-electron chi connectivity index (χ2n) is 8.73. The summed E-state index contributed by atoms with van der Waals surface area (Å²) in [6, 6.07) is 21.5. The minimum Gasteiger partial charge on any atom is -0.454 e. The molecule has 32 heavy (non-hydrogen) atoms. The molecule has 2 aliphatic rings. The number of ketones is 1. The van der Waals surface area contributed by atoms with Gasteiger partial charge in [-0.15, -0.1) is 0 Å². The zero-order valence-electron chi connectivity index (χ0n) is 18.3. The SMILES string of the molecule is CN(C)C(=O)c1cccc(-c2ccc(CC(=O)C3(c4ccc5c(c4)OCO5)CC3)cc2)c1. The second-order valence-corrected chi connectivity index (χ2v) is 8.73. The van der Waals surface area contributed by atoms with Crippen LogP contribution in [0.1, 0.15) is 34.3 Å². The van der Waals surface area contributed by atoms with Crippen LogP contribution < -0.4 is 9.47 Å². The second kappa shape index (κ2) is 7.83. The molecule has 0 N–H and O–H groups in total. The summed E-state index contributed by atoms with van der Waals surface area (Å²) in [7, 11) is 3.49. The van der Waals surface area contributed by atoms with E-state index >= 15 is 0 Å². The Kier molecular flexibility index (Phi) is 4.97. The quantitative estimate of drug-likeness (QED) is 0.576. The van der Waals surface area contributed by atoms with Crippen molar-refractivity contribution in [1.82, 2.24) is 4.90 Å². The number of ether oxygens (including phenoxy) is 2. The molecule has 5 nitrogen and oxygen atoms in total. The Balaban J connectivity index is 1.32. The van der Waals surface area contributed by atoms with Crippen molar-refractivity contribution in [3.8, 4) is 22.6 Å². The lowest BCUT2D eigenvalue weighted by molar-refractivity contribution is -0.120. The first kappa shape index (κ1) is 20.3. The maximum absolute atomic E-state index is 13.2. The van der Waals surface area contributed by atoms with Crippen LogP contribution in [0.5, 0.6) is 11.5 Å². The third-order valence-corrected chi connectivity index (χ3v) is 6.38. The molecule has 3 aromatic rings. The van der Waals surface area contributed by atoms with E-state index in [1.165, 1.54) is 0 Å². The van der Waals surface area contributed by atoms with Crippen LogP contribution in [0, 0.1) is 0 Å². The third-order valence-electron chi connectivity index (χ3n) is 6.38. The predicted octanol–water partition coefficient (Wildman–Crippen LogP) is 4.63. The van der Waals surface area contributed by atoms with Gasteiger partial charge in [-0.2, -0.15) is 0 Å². The Morgan fingerprint density at radius 2 is 1.62 bits per heavy atom. The fraction of sp³-hybridized carbons (Fsp3) is 0.259. The third kappa shape index (κ3) is 3.64. The standard InChI is InChI=1S/C27H25NO4/c1-28(2)26(30)21-5-3-4-20(15-21)19-8-6-18(7-9-19)14-25(29)27(12-13-27)22-10-11-23-24(16-22)32-17-31-23/h3-11,15-16H,12-14,17H2,1-2H3. The molecule has 0 saturated heterocycles. The molecule has 1 amide bonds. The van der Waals surface area contributed by atoms with Crippen molar-refractivity contribution >= 4 is 11.7 Å². The number of amides is 1. The van der Waals surface area contributed by atoms with Crippen LogP contribution in [-0.4, -0.2) is 37.5 Å². The van der Waals surface area contributed by atoms with Crippen molar-refractivity contribution in [3.05, 3.63) is 83.4 Å². The predicted molar refractivity (Wildman–Crippen MR) is 122 cm³/mol. The first-order valence-electron chi connectivity index (χ1n) is 10.8. The summed E-state index contributed by atoms with van der Waals surface area (Å²) in [5.74, 6) is 1.68. The van der Waals surface area contributed by atoms with Crippen LogP contribution >= 0.6 is 0 Å². The van der Waals surface area contributed by atoms with Crippen molar-refractivity contribution in [2.75, 3.05) is 20.9 Å². The molecular formula is C27H25NO4. The van der Waals surface area contributed by atoms with Gasteiger partial charge in [0.25, 0.3) is 5.91 Å². The van der Waals surface area contributed by atoms with Crippen molar-refractivity contribution in [3.63, 3.8) is 0 Å². The number of hydrogen-bond donors (Lipinski definition) is 0. The number of nitrogens with zero attached hydrogens (tertiary/aromatic N) is 1. The highest BCUT2D eigenvalue weighted by Gasteiger charge is 2.50. The summed E-state index contributed by atoms with van der Waals surface area (Å²) >= 11 is 0. The normalized spacial score (nSPS) is 15.3. The van der Waals surface area contributed by atoms with E-state index in [-0.39, 0.29) is 18.5 Å². The molecular weight excluding hydrogens is 402 g/mol. The molecule has 5 rings (SSSR count). The van der Waals surface area contributed by atoms with Crippen LogP contribution in [0.4, 0.5) is 0 Å². The minimum atomic E-state index is -0.402. The van der Waals surface area contributed by atoms with Crippen LogP contribution in [-0.2, 0) is 16.6 Å². The Labute approximate surface area is 187 Å². The monoisotopic (exact) mass is 427 g/mol. The van der Waals surface area contributed by atoms with E-state index in [1.807, 2.05) is 66.7 Å². The molecule has 1 fully saturated rings. The van der Waals surface area contributed by atoms with Crippen LogP contribution in [0.2, 0.25) is 0 Å². The molecule has 162 valence electrons. The fourth-order valence-corrected chi connectivity index (χ4v) is 4.31. The first-order chi connectivity index (χ1) is 15.5. The van der Waals surface area contributed by atoms with Crippen molar-refractivity contribution in [2.24, 2.45) is 0 Å². The van der Waals surface area contributed by atoms with Crippen LogP contribution in [0.25, 0.3) is 11.1 Å². The summed E-state index contributed by atoms with van der Waals surface area (Å²) in [5, 5.41) is 0. The fourth-order valence-electron chi connectivity index (χ4n) is 4.31. The molecule has 0 atom stereocenters. The molecule has 0 radical (unpaired) electrons. The summed E-state index contributed by atoms with van der Waals surface area (Å²) in [5.41, 5.74) is 4.27. The van der Waals surface area contributed by atoms with Gasteiger partial charge in [0, 0.05) is 26.1 Å². The van der Waals surface area contributed by atoms with Gasteiger partial charge in [-0.3, -0.25) is 9.59 Å². The van der Waals surface area contributed by atoms with E-state index in [9.17, 15) is 9.59 Å². The van der Waals surface area contributed by atoms with Gasteiger partial charge < -0.3 is 14.4 Å². The summed E-state index contributed by atoms with van der Waals surface area (Å²) in [6.45, 7) is 0.234. The molecule has 0 spiro atoms. The smallest absolute Gasteiger partial charge is 0.253 e.